The normalized spacial score (nSPS) is 17.2. The largest absolute Gasteiger partial charge is 0.503 e. The van der Waals surface area contributed by atoms with Crippen LogP contribution in [0.5, 0.6) is 11.5 Å². The van der Waals surface area contributed by atoms with E-state index in [9.17, 15) is 23.9 Å². The Morgan fingerprint density at radius 2 is 1.92 bits per heavy atom. The highest BCUT2D eigenvalue weighted by molar-refractivity contribution is 5.99. The smallest absolute Gasteiger partial charge is 0.275 e. The number of nitrogens with one attached hydrogen (secondary N) is 1. The van der Waals surface area contributed by atoms with Crippen molar-refractivity contribution in [2.24, 2.45) is 0 Å². The number of ether oxygens (including phenoxy) is 1. The SMILES string of the molecule is COc1cccc(CN2CCCN3C(=O)c4c(O)c(=O)c(C(=O)NCc5ccc(F)cc5)cn4CC23)c1. The van der Waals surface area contributed by atoms with Gasteiger partial charge in [0.2, 0.25) is 5.43 Å². The van der Waals surface area contributed by atoms with E-state index >= 15 is 0 Å². The number of halogens is 1. The molecule has 1 atom stereocenters. The number of aromatic hydroxyl groups is 1. The molecule has 37 heavy (non-hydrogen) atoms. The predicted molar refractivity (Wildman–Crippen MR) is 133 cm³/mol. The number of nitrogens with zero attached hydrogens (tertiary/aromatic N) is 3. The third-order valence-electron chi connectivity index (χ3n) is 6.84. The van der Waals surface area contributed by atoms with Crippen molar-refractivity contribution < 1.29 is 23.8 Å². The Morgan fingerprint density at radius 3 is 2.68 bits per heavy atom. The van der Waals surface area contributed by atoms with Crippen molar-refractivity contribution in [3.8, 4) is 11.5 Å². The quantitative estimate of drug-likeness (QED) is 0.532. The van der Waals surface area contributed by atoms with Gasteiger partial charge in [-0.1, -0.05) is 24.3 Å². The molecule has 0 saturated carbocycles. The van der Waals surface area contributed by atoms with Crippen LogP contribution in [0.3, 0.4) is 0 Å². The number of methoxy groups -OCH3 is 1. The van der Waals surface area contributed by atoms with E-state index in [4.69, 9.17) is 4.74 Å². The maximum Gasteiger partial charge on any atom is 0.275 e. The summed E-state index contributed by atoms with van der Waals surface area (Å²) in [6.45, 7) is 2.21. The summed E-state index contributed by atoms with van der Waals surface area (Å²) in [5, 5.41) is 13.3. The molecular weight excluding hydrogens is 479 g/mol. The van der Waals surface area contributed by atoms with Gasteiger partial charge in [0.05, 0.1) is 13.7 Å². The lowest BCUT2D eigenvalue weighted by atomic mass is 10.1. The highest BCUT2D eigenvalue weighted by Crippen LogP contribution is 2.29. The van der Waals surface area contributed by atoms with E-state index in [-0.39, 0.29) is 30.5 Å². The Labute approximate surface area is 212 Å². The maximum atomic E-state index is 13.4. The molecule has 2 amide bonds. The zero-order chi connectivity index (χ0) is 26.1. The van der Waals surface area contributed by atoms with E-state index in [1.54, 1.807) is 12.0 Å². The third-order valence-corrected chi connectivity index (χ3v) is 6.84. The molecule has 1 fully saturated rings. The van der Waals surface area contributed by atoms with Crippen molar-refractivity contribution in [3.63, 3.8) is 0 Å². The summed E-state index contributed by atoms with van der Waals surface area (Å²) < 4.78 is 20.0. The molecule has 3 heterocycles. The molecule has 0 bridgehead atoms. The van der Waals surface area contributed by atoms with E-state index < -0.39 is 28.8 Å². The van der Waals surface area contributed by atoms with Gasteiger partial charge < -0.3 is 24.6 Å². The lowest BCUT2D eigenvalue weighted by molar-refractivity contribution is -0.0140. The average molecular weight is 507 g/mol. The molecule has 2 aliphatic heterocycles. The van der Waals surface area contributed by atoms with Crippen molar-refractivity contribution >= 4 is 11.8 Å². The summed E-state index contributed by atoms with van der Waals surface area (Å²) >= 11 is 0. The Bertz CT molecular complexity index is 1400. The van der Waals surface area contributed by atoms with Gasteiger partial charge in [-0.2, -0.15) is 0 Å². The third kappa shape index (κ3) is 4.79. The Kier molecular flexibility index (Phi) is 6.66. The Hall–Kier alpha value is -4.18. The van der Waals surface area contributed by atoms with Crippen LogP contribution < -0.4 is 15.5 Å². The molecule has 9 nitrogen and oxygen atoms in total. The van der Waals surface area contributed by atoms with Gasteiger partial charge in [0.25, 0.3) is 11.8 Å². The Balaban J connectivity index is 1.41. The molecule has 0 radical (unpaired) electrons. The van der Waals surface area contributed by atoms with Crippen molar-refractivity contribution in [3.05, 3.63) is 93.2 Å². The number of aromatic nitrogens is 1. The molecule has 0 spiro atoms. The first-order valence-corrected chi connectivity index (χ1v) is 12.0. The van der Waals surface area contributed by atoms with Crippen LogP contribution in [-0.2, 0) is 19.6 Å². The molecule has 2 aromatic carbocycles. The predicted octanol–water partition coefficient (Wildman–Crippen LogP) is 2.32. The molecule has 1 saturated heterocycles. The van der Waals surface area contributed by atoms with E-state index in [2.05, 4.69) is 10.2 Å². The van der Waals surface area contributed by atoms with Crippen LogP contribution in [0.15, 0.2) is 59.5 Å². The fourth-order valence-corrected chi connectivity index (χ4v) is 4.95. The fraction of sp³-hybridized carbons (Fsp3) is 0.296. The molecule has 3 aromatic rings. The number of benzene rings is 2. The molecular formula is C27H27FN4O5. The van der Waals surface area contributed by atoms with Crippen molar-refractivity contribution in [2.75, 3.05) is 20.2 Å². The highest BCUT2D eigenvalue weighted by Gasteiger charge is 2.40. The van der Waals surface area contributed by atoms with Crippen LogP contribution >= 0.6 is 0 Å². The van der Waals surface area contributed by atoms with E-state index in [1.807, 2.05) is 24.3 Å². The van der Waals surface area contributed by atoms with Gasteiger partial charge in [-0.3, -0.25) is 19.3 Å². The maximum absolute atomic E-state index is 13.4. The standard InChI is InChI=1S/C27H27FN4O5/c1-37-20-5-2-4-18(12-20)14-30-10-3-11-32-22(30)16-31-15-21(24(33)25(34)23(31)27(32)36)26(35)29-13-17-6-8-19(28)9-7-17/h2,4-9,12,15,22,34H,3,10-11,13-14,16H2,1H3,(H,29,35). The van der Waals surface area contributed by atoms with Gasteiger partial charge in [0.15, 0.2) is 11.4 Å². The van der Waals surface area contributed by atoms with Gasteiger partial charge in [0.1, 0.15) is 23.3 Å². The second-order valence-electron chi connectivity index (χ2n) is 9.19. The molecule has 5 rings (SSSR count). The summed E-state index contributed by atoms with van der Waals surface area (Å²) in [5.41, 5.74) is 0.403. The fourth-order valence-electron chi connectivity index (χ4n) is 4.95. The summed E-state index contributed by atoms with van der Waals surface area (Å²) in [7, 11) is 1.61. The number of hydrogen-bond donors (Lipinski definition) is 2. The zero-order valence-electron chi connectivity index (χ0n) is 20.3. The lowest BCUT2D eigenvalue weighted by Crippen LogP contribution is -2.60. The molecule has 1 unspecified atom stereocenters. The minimum absolute atomic E-state index is 0.0741. The number of amides is 2. The van der Waals surface area contributed by atoms with Crippen molar-refractivity contribution in [2.45, 2.75) is 32.2 Å². The van der Waals surface area contributed by atoms with E-state index in [0.717, 1.165) is 24.3 Å². The van der Waals surface area contributed by atoms with Gasteiger partial charge in [-0.15, -0.1) is 0 Å². The second-order valence-corrected chi connectivity index (χ2v) is 9.19. The molecule has 2 N–H and O–H groups in total. The number of hydrogen-bond acceptors (Lipinski definition) is 6. The monoisotopic (exact) mass is 506 g/mol. The highest BCUT2D eigenvalue weighted by atomic mass is 19.1. The van der Waals surface area contributed by atoms with Crippen LogP contribution in [0.1, 0.15) is 38.4 Å². The van der Waals surface area contributed by atoms with Crippen molar-refractivity contribution in [1.82, 2.24) is 19.7 Å². The number of fused-ring (bicyclic) bond motifs is 2. The number of rotatable bonds is 6. The van der Waals surface area contributed by atoms with E-state index in [1.165, 1.54) is 35.0 Å². The molecule has 192 valence electrons. The first-order chi connectivity index (χ1) is 17.9. The second kappa shape index (κ2) is 10.1. The van der Waals surface area contributed by atoms with E-state index in [0.29, 0.717) is 18.7 Å². The number of carbonyl (C=O) groups excluding carboxylic acids is 2. The van der Waals surface area contributed by atoms with Crippen LogP contribution in [0.4, 0.5) is 4.39 Å². The number of carbonyl (C=O) groups is 2. The summed E-state index contributed by atoms with van der Waals surface area (Å²) in [6.07, 6.45) is 1.78. The minimum atomic E-state index is -0.903. The van der Waals surface area contributed by atoms with Crippen molar-refractivity contribution in [1.29, 1.82) is 0 Å². The molecule has 1 aromatic heterocycles. The zero-order valence-corrected chi connectivity index (χ0v) is 20.3. The summed E-state index contributed by atoms with van der Waals surface area (Å²) in [5.74, 6) is -1.52. The summed E-state index contributed by atoms with van der Waals surface area (Å²) in [6, 6.07) is 13.3. The average Bonchev–Trinajstić information content (AvgIpc) is 2.90. The lowest BCUT2D eigenvalue weighted by Gasteiger charge is -2.47. The van der Waals surface area contributed by atoms with Crippen LogP contribution in [0.2, 0.25) is 0 Å². The molecule has 10 heteroatoms. The summed E-state index contributed by atoms with van der Waals surface area (Å²) in [4.78, 5) is 42.9. The van der Waals surface area contributed by atoms with Gasteiger partial charge >= 0.3 is 0 Å². The van der Waals surface area contributed by atoms with Gasteiger partial charge in [-0.05, 0) is 41.8 Å². The van der Waals surface area contributed by atoms with Crippen LogP contribution in [0, 0.1) is 5.82 Å². The van der Waals surface area contributed by atoms with Gasteiger partial charge in [-0.25, -0.2) is 4.39 Å². The van der Waals surface area contributed by atoms with Gasteiger partial charge in [0, 0.05) is 32.4 Å². The first-order valence-electron chi connectivity index (χ1n) is 12.0. The van der Waals surface area contributed by atoms with Crippen LogP contribution in [0.25, 0.3) is 0 Å². The molecule has 0 aliphatic carbocycles. The van der Waals surface area contributed by atoms with Crippen LogP contribution in [-0.4, -0.2) is 57.7 Å². The Morgan fingerprint density at radius 1 is 1.14 bits per heavy atom. The minimum Gasteiger partial charge on any atom is -0.503 e. The molecule has 2 aliphatic rings. The number of pyridine rings is 1. The topological polar surface area (TPSA) is 104 Å². The first kappa shape index (κ1) is 24.5.